The van der Waals surface area contributed by atoms with E-state index in [-0.39, 0.29) is 23.6 Å². The summed E-state index contributed by atoms with van der Waals surface area (Å²) < 4.78 is 5.11. The fourth-order valence-corrected chi connectivity index (χ4v) is 4.06. The zero-order chi connectivity index (χ0) is 20.2. The minimum Gasteiger partial charge on any atom is -0.459 e. The van der Waals surface area contributed by atoms with Gasteiger partial charge in [-0.05, 0) is 55.5 Å². The Morgan fingerprint density at radius 2 is 2.03 bits per heavy atom. The Hall–Kier alpha value is -3.09. The van der Waals surface area contributed by atoms with Crippen molar-refractivity contribution in [1.29, 1.82) is 0 Å². The quantitative estimate of drug-likeness (QED) is 0.844. The van der Waals surface area contributed by atoms with Crippen LogP contribution in [0, 0.1) is 5.92 Å². The van der Waals surface area contributed by atoms with Crippen LogP contribution in [-0.4, -0.2) is 48.8 Å². The molecule has 2 fully saturated rings. The van der Waals surface area contributed by atoms with Crippen molar-refractivity contribution in [3.05, 3.63) is 54.0 Å². The first-order chi connectivity index (χ1) is 14.1. The molecule has 0 aliphatic carbocycles. The number of rotatable bonds is 5. The summed E-state index contributed by atoms with van der Waals surface area (Å²) in [6.45, 7) is 2.52. The maximum atomic E-state index is 13.0. The van der Waals surface area contributed by atoms with Gasteiger partial charge in [0.2, 0.25) is 5.91 Å². The zero-order valence-electron chi connectivity index (χ0n) is 16.3. The molecule has 1 aromatic carbocycles. The molecule has 29 heavy (non-hydrogen) atoms. The largest absolute Gasteiger partial charge is 0.459 e. The first kappa shape index (κ1) is 19.2. The third kappa shape index (κ3) is 4.34. The normalized spacial score (nSPS) is 19.4. The molecule has 7 heteroatoms. The molecule has 7 nitrogen and oxygen atoms in total. The van der Waals surface area contributed by atoms with E-state index in [1.165, 1.54) is 6.26 Å². The Morgan fingerprint density at radius 3 is 2.79 bits per heavy atom. The van der Waals surface area contributed by atoms with Crippen molar-refractivity contribution < 1.29 is 18.8 Å². The number of nitrogens with zero attached hydrogens (tertiary/aromatic N) is 2. The second kappa shape index (κ2) is 8.51. The van der Waals surface area contributed by atoms with E-state index >= 15 is 0 Å². The van der Waals surface area contributed by atoms with E-state index in [9.17, 15) is 14.4 Å². The molecular weight excluding hydrogens is 370 g/mol. The van der Waals surface area contributed by atoms with Gasteiger partial charge in [-0.15, -0.1) is 0 Å². The molecule has 0 spiro atoms. The number of amides is 3. The number of anilines is 1. The van der Waals surface area contributed by atoms with E-state index in [0.717, 1.165) is 24.9 Å². The molecule has 0 bridgehead atoms. The van der Waals surface area contributed by atoms with Crippen molar-refractivity contribution in [2.75, 3.05) is 31.1 Å². The summed E-state index contributed by atoms with van der Waals surface area (Å²) >= 11 is 0. The molecule has 2 aromatic rings. The van der Waals surface area contributed by atoms with E-state index in [1.54, 1.807) is 23.1 Å². The second-order valence-electron chi connectivity index (χ2n) is 7.65. The van der Waals surface area contributed by atoms with Crippen LogP contribution in [0.3, 0.4) is 0 Å². The molecule has 2 aliphatic heterocycles. The van der Waals surface area contributed by atoms with Gasteiger partial charge < -0.3 is 19.5 Å². The molecule has 152 valence electrons. The first-order valence-corrected chi connectivity index (χ1v) is 10.1. The maximum absolute atomic E-state index is 13.0. The molecule has 2 aliphatic rings. The smallest absolute Gasteiger partial charge is 0.286 e. The van der Waals surface area contributed by atoms with Crippen LogP contribution in [0.25, 0.3) is 0 Å². The van der Waals surface area contributed by atoms with Gasteiger partial charge in [0.05, 0.1) is 6.26 Å². The van der Waals surface area contributed by atoms with Gasteiger partial charge in [-0.25, -0.2) is 0 Å². The van der Waals surface area contributed by atoms with Gasteiger partial charge in [-0.3, -0.25) is 14.4 Å². The zero-order valence-corrected chi connectivity index (χ0v) is 16.3. The molecule has 1 N–H and O–H groups in total. The van der Waals surface area contributed by atoms with Gasteiger partial charge in [0.1, 0.15) is 0 Å². The summed E-state index contributed by atoms with van der Waals surface area (Å²) in [5.74, 6) is 0.346. The van der Waals surface area contributed by atoms with Crippen molar-refractivity contribution in [3.8, 4) is 0 Å². The Labute approximate surface area is 169 Å². The van der Waals surface area contributed by atoms with E-state index in [4.69, 9.17) is 4.42 Å². The number of piperidine rings is 1. The lowest BCUT2D eigenvalue weighted by molar-refractivity contribution is -0.117. The average molecular weight is 395 g/mol. The van der Waals surface area contributed by atoms with Gasteiger partial charge in [0.25, 0.3) is 11.8 Å². The lowest BCUT2D eigenvalue weighted by Gasteiger charge is -2.33. The van der Waals surface area contributed by atoms with Crippen molar-refractivity contribution in [2.24, 2.45) is 5.92 Å². The van der Waals surface area contributed by atoms with Crippen molar-refractivity contribution in [1.82, 2.24) is 10.2 Å². The highest BCUT2D eigenvalue weighted by atomic mass is 16.3. The highest BCUT2D eigenvalue weighted by Crippen LogP contribution is 2.24. The van der Waals surface area contributed by atoms with Gasteiger partial charge in [0, 0.05) is 43.9 Å². The van der Waals surface area contributed by atoms with Gasteiger partial charge in [-0.1, -0.05) is 6.07 Å². The summed E-state index contributed by atoms with van der Waals surface area (Å²) in [5.41, 5.74) is 1.39. The topological polar surface area (TPSA) is 82.9 Å². The number of benzene rings is 1. The highest BCUT2D eigenvalue weighted by Gasteiger charge is 2.27. The number of hydrogen-bond donors (Lipinski definition) is 1. The standard InChI is InChI=1S/C22H25N3O4/c26-20-9-3-11-25(20)18-7-1-6-17(13-18)22(28)24-10-2-5-16(15-24)14-23-21(27)19-8-4-12-29-19/h1,4,6-8,12-13,16H,2-3,5,9-11,14-15H2,(H,23,27)/t16-/m0/s1. The van der Waals surface area contributed by atoms with Gasteiger partial charge >= 0.3 is 0 Å². The molecule has 2 saturated heterocycles. The first-order valence-electron chi connectivity index (χ1n) is 10.1. The van der Waals surface area contributed by atoms with Crippen molar-refractivity contribution in [3.63, 3.8) is 0 Å². The lowest BCUT2D eigenvalue weighted by Crippen LogP contribution is -2.43. The maximum Gasteiger partial charge on any atom is 0.286 e. The van der Waals surface area contributed by atoms with Crippen LogP contribution in [-0.2, 0) is 4.79 Å². The van der Waals surface area contributed by atoms with Crippen LogP contribution in [0.1, 0.15) is 46.6 Å². The molecule has 4 rings (SSSR count). The van der Waals surface area contributed by atoms with Gasteiger partial charge in [0.15, 0.2) is 5.76 Å². The Bertz CT molecular complexity index is 893. The number of hydrogen-bond acceptors (Lipinski definition) is 4. The second-order valence-corrected chi connectivity index (χ2v) is 7.65. The van der Waals surface area contributed by atoms with E-state index < -0.39 is 0 Å². The third-order valence-corrected chi connectivity index (χ3v) is 5.58. The number of likely N-dealkylation sites (tertiary alicyclic amines) is 1. The fraction of sp³-hybridized carbons (Fsp3) is 0.409. The summed E-state index contributed by atoms with van der Waals surface area (Å²) in [5, 5.41) is 2.89. The SMILES string of the molecule is O=C(NC[C@@H]1CCCN(C(=O)c2cccc(N3CCCC3=O)c2)C1)c1ccco1. The average Bonchev–Trinajstić information content (AvgIpc) is 3.44. The van der Waals surface area contributed by atoms with Crippen molar-refractivity contribution in [2.45, 2.75) is 25.7 Å². The van der Waals surface area contributed by atoms with E-state index in [1.807, 2.05) is 23.1 Å². The Morgan fingerprint density at radius 1 is 1.14 bits per heavy atom. The van der Waals surface area contributed by atoms with E-state index in [2.05, 4.69) is 5.32 Å². The Kier molecular flexibility index (Phi) is 5.64. The monoisotopic (exact) mass is 395 g/mol. The van der Waals surface area contributed by atoms with Crippen LogP contribution >= 0.6 is 0 Å². The van der Waals surface area contributed by atoms with Crippen molar-refractivity contribution >= 4 is 23.4 Å². The summed E-state index contributed by atoms with van der Waals surface area (Å²) in [6, 6.07) is 10.6. The highest BCUT2D eigenvalue weighted by molar-refractivity contribution is 5.99. The minimum absolute atomic E-state index is 0.0273. The van der Waals surface area contributed by atoms with E-state index in [0.29, 0.717) is 43.9 Å². The number of carbonyl (C=O) groups excluding carboxylic acids is 3. The molecule has 3 heterocycles. The molecule has 0 unspecified atom stereocenters. The molecule has 0 radical (unpaired) electrons. The van der Waals surface area contributed by atoms with Crippen LogP contribution in [0.2, 0.25) is 0 Å². The molecule has 1 atom stereocenters. The lowest BCUT2D eigenvalue weighted by atomic mass is 9.97. The minimum atomic E-state index is -0.235. The predicted molar refractivity (Wildman–Crippen MR) is 108 cm³/mol. The fourth-order valence-electron chi connectivity index (χ4n) is 4.06. The van der Waals surface area contributed by atoms with Crippen LogP contribution in [0.4, 0.5) is 5.69 Å². The Balaban J connectivity index is 1.37. The molecular formula is C22H25N3O4. The number of nitrogens with one attached hydrogen (secondary N) is 1. The number of furan rings is 1. The predicted octanol–water partition coefficient (Wildman–Crippen LogP) is 2.69. The van der Waals surface area contributed by atoms with Crippen LogP contribution in [0.5, 0.6) is 0 Å². The molecule has 3 amide bonds. The molecule has 0 saturated carbocycles. The summed E-state index contributed by atoms with van der Waals surface area (Å²) in [6.07, 6.45) is 4.76. The third-order valence-electron chi connectivity index (χ3n) is 5.58. The van der Waals surface area contributed by atoms with Crippen LogP contribution in [0.15, 0.2) is 47.1 Å². The van der Waals surface area contributed by atoms with Gasteiger partial charge in [-0.2, -0.15) is 0 Å². The molecule has 1 aromatic heterocycles. The summed E-state index contributed by atoms with van der Waals surface area (Å²) in [4.78, 5) is 40.7. The number of carbonyl (C=O) groups is 3. The summed E-state index contributed by atoms with van der Waals surface area (Å²) in [7, 11) is 0. The van der Waals surface area contributed by atoms with Crippen LogP contribution < -0.4 is 10.2 Å².